The first-order valence-corrected chi connectivity index (χ1v) is 9.97. The summed E-state index contributed by atoms with van der Waals surface area (Å²) in [5.41, 5.74) is 0.212. The lowest BCUT2D eigenvalue weighted by atomic mass is 9.79. The molecule has 3 saturated heterocycles. The summed E-state index contributed by atoms with van der Waals surface area (Å²) in [6.45, 7) is 1.94. The van der Waals surface area contributed by atoms with Crippen molar-refractivity contribution in [1.29, 1.82) is 0 Å². The van der Waals surface area contributed by atoms with E-state index < -0.39 is 0 Å². The monoisotopic (exact) mass is 313 g/mol. The van der Waals surface area contributed by atoms with Crippen LogP contribution in [-0.4, -0.2) is 49.5 Å². The van der Waals surface area contributed by atoms with Gasteiger partial charge in [-0.1, -0.05) is 0 Å². The molecule has 1 spiro atoms. The second-order valence-electron chi connectivity index (χ2n) is 7.05. The summed E-state index contributed by atoms with van der Waals surface area (Å²) in [6.07, 6.45) is 10.6. The van der Waals surface area contributed by atoms with Crippen molar-refractivity contribution in [3.05, 3.63) is 0 Å². The predicted molar refractivity (Wildman–Crippen MR) is 89.0 cm³/mol. The van der Waals surface area contributed by atoms with Crippen molar-refractivity contribution in [2.45, 2.75) is 69.1 Å². The fraction of sp³-hybridized carbons (Fsp3) is 1.00. The second-order valence-corrected chi connectivity index (χ2v) is 8.15. The van der Waals surface area contributed by atoms with Crippen LogP contribution in [0.15, 0.2) is 0 Å². The summed E-state index contributed by atoms with van der Waals surface area (Å²) in [7, 11) is 2.14. The van der Waals surface area contributed by atoms with E-state index in [1.807, 2.05) is 0 Å². The maximum absolute atomic E-state index is 6.17. The molecule has 3 fully saturated rings. The molecule has 4 atom stereocenters. The Kier molecular flexibility index (Phi) is 5.88. The maximum atomic E-state index is 6.17. The molecule has 3 aliphatic rings. The van der Waals surface area contributed by atoms with Crippen molar-refractivity contribution in [2.24, 2.45) is 5.92 Å². The summed E-state index contributed by atoms with van der Waals surface area (Å²) < 4.78 is 12.1. The number of thioether (sulfide) groups is 1. The van der Waals surface area contributed by atoms with Crippen molar-refractivity contribution in [1.82, 2.24) is 5.32 Å². The molecule has 0 aromatic heterocycles. The van der Waals surface area contributed by atoms with E-state index in [9.17, 15) is 0 Å². The molecule has 0 amide bonds. The fourth-order valence-electron chi connectivity index (χ4n) is 4.29. The zero-order valence-corrected chi connectivity index (χ0v) is 14.3. The van der Waals surface area contributed by atoms with E-state index in [-0.39, 0.29) is 5.60 Å². The molecule has 3 heterocycles. The Balaban J connectivity index is 1.50. The van der Waals surface area contributed by atoms with Crippen molar-refractivity contribution in [3.63, 3.8) is 0 Å². The van der Waals surface area contributed by atoms with Crippen LogP contribution in [0.5, 0.6) is 0 Å². The molecule has 0 bridgehead atoms. The van der Waals surface area contributed by atoms with Gasteiger partial charge in [-0.3, -0.25) is 0 Å². The smallest absolute Gasteiger partial charge is 0.0783 e. The van der Waals surface area contributed by atoms with E-state index in [1.165, 1.54) is 62.9 Å². The van der Waals surface area contributed by atoms with Crippen LogP contribution in [0, 0.1) is 5.92 Å². The first-order valence-electron chi connectivity index (χ1n) is 8.82. The molecule has 122 valence electrons. The Hall–Kier alpha value is 0.230. The van der Waals surface area contributed by atoms with Gasteiger partial charge in [0.15, 0.2) is 0 Å². The average Bonchev–Trinajstić information content (AvgIpc) is 2.97. The number of hydrogen-bond donors (Lipinski definition) is 1. The van der Waals surface area contributed by atoms with Gasteiger partial charge in [0.05, 0.1) is 11.7 Å². The van der Waals surface area contributed by atoms with Crippen LogP contribution in [0.3, 0.4) is 0 Å². The van der Waals surface area contributed by atoms with Crippen LogP contribution >= 0.6 is 11.8 Å². The number of rotatable bonds is 5. The highest BCUT2D eigenvalue weighted by Gasteiger charge is 2.42. The molecule has 0 aromatic carbocycles. The third kappa shape index (κ3) is 4.15. The van der Waals surface area contributed by atoms with Gasteiger partial charge in [0, 0.05) is 25.0 Å². The Bertz CT molecular complexity index is 314. The van der Waals surface area contributed by atoms with Crippen molar-refractivity contribution in [3.8, 4) is 0 Å². The van der Waals surface area contributed by atoms with Gasteiger partial charge in [-0.05, 0) is 70.1 Å². The molecule has 3 nitrogen and oxygen atoms in total. The lowest BCUT2D eigenvalue weighted by molar-refractivity contribution is -0.0860. The van der Waals surface area contributed by atoms with Crippen LogP contribution in [0.4, 0.5) is 0 Å². The molecule has 1 N–H and O–H groups in total. The van der Waals surface area contributed by atoms with Crippen LogP contribution in [0.2, 0.25) is 0 Å². The third-order valence-corrected chi connectivity index (χ3v) is 6.83. The normalized spacial score (nSPS) is 38.7. The summed E-state index contributed by atoms with van der Waals surface area (Å²) >= 11 is 2.07. The Labute approximate surface area is 133 Å². The van der Waals surface area contributed by atoms with E-state index >= 15 is 0 Å². The van der Waals surface area contributed by atoms with Gasteiger partial charge in [0.2, 0.25) is 0 Å². The average molecular weight is 314 g/mol. The summed E-state index contributed by atoms with van der Waals surface area (Å²) in [5.74, 6) is 3.28. The van der Waals surface area contributed by atoms with E-state index in [2.05, 4.69) is 24.1 Å². The minimum absolute atomic E-state index is 0.212. The Morgan fingerprint density at radius 1 is 1.29 bits per heavy atom. The van der Waals surface area contributed by atoms with Gasteiger partial charge in [-0.2, -0.15) is 11.8 Å². The molecule has 0 aliphatic carbocycles. The van der Waals surface area contributed by atoms with E-state index in [4.69, 9.17) is 9.47 Å². The quantitative estimate of drug-likeness (QED) is 0.844. The molecule has 0 saturated carbocycles. The highest BCUT2D eigenvalue weighted by Crippen LogP contribution is 2.41. The summed E-state index contributed by atoms with van der Waals surface area (Å²) in [6, 6.07) is 0.641. The molecule has 0 aromatic rings. The lowest BCUT2D eigenvalue weighted by Crippen LogP contribution is -2.46. The molecular weight excluding hydrogens is 282 g/mol. The summed E-state index contributed by atoms with van der Waals surface area (Å²) in [4.78, 5) is 0. The van der Waals surface area contributed by atoms with Crippen LogP contribution < -0.4 is 5.32 Å². The van der Waals surface area contributed by atoms with Crippen LogP contribution in [0.1, 0.15) is 51.4 Å². The van der Waals surface area contributed by atoms with Gasteiger partial charge in [-0.25, -0.2) is 0 Å². The van der Waals surface area contributed by atoms with Gasteiger partial charge >= 0.3 is 0 Å². The van der Waals surface area contributed by atoms with E-state index in [0.29, 0.717) is 12.1 Å². The minimum atomic E-state index is 0.212. The molecule has 4 heteroatoms. The summed E-state index contributed by atoms with van der Waals surface area (Å²) in [5, 5.41) is 3.60. The number of nitrogens with one attached hydrogen (secondary N) is 1. The lowest BCUT2D eigenvalue weighted by Gasteiger charge is -2.41. The largest absolute Gasteiger partial charge is 0.378 e. The Morgan fingerprint density at radius 2 is 2.24 bits per heavy atom. The first-order chi connectivity index (χ1) is 10.3. The van der Waals surface area contributed by atoms with Crippen LogP contribution in [0.25, 0.3) is 0 Å². The molecular formula is C17H31NO2S. The molecule has 3 aliphatic heterocycles. The standard InChI is InChI=1S/C17H31NO2S/c1-18-16(6-5-15-4-2-3-9-19-15)14-7-10-20-17(12-14)8-11-21-13-17/h14-16,18H,2-13H2,1H3. The highest BCUT2D eigenvalue weighted by molar-refractivity contribution is 7.99. The van der Waals surface area contributed by atoms with Crippen molar-refractivity contribution in [2.75, 3.05) is 31.8 Å². The zero-order chi connectivity index (χ0) is 14.5. The topological polar surface area (TPSA) is 30.5 Å². The molecule has 21 heavy (non-hydrogen) atoms. The van der Waals surface area contributed by atoms with Gasteiger partial charge in [-0.15, -0.1) is 0 Å². The van der Waals surface area contributed by atoms with Crippen molar-refractivity contribution >= 4 is 11.8 Å². The number of hydrogen-bond acceptors (Lipinski definition) is 4. The van der Waals surface area contributed by atoms with Gasteiger partial charge in [0.25, 0.3) is 0 Å². The van der Waals surface area contributed by atoms with Gasteiger partial charge < -0.3 is 14.8 Å². The predicted octanol–water partition coefficient (Wildman–Crippen LogP) is 3.23. The van der Waals surface area contributed by atoms with Gasteiger partial charge in [0.1, 0.15) is 0 Å². The molecule has 3 rings (SSSR count). The second kappa shape index (κ2) is 7.67. The minimum Gasteiger partial charge on any atom is -0.378 e. The Morgan fingerprint density at radius 3 is 2.95 bits per heavy atom. The first kappa shape index (κ1) is 16.1. The molecule has 0 radical (unpaired) electrons. The fourth-order valence-corrected chi connectivity index (χ4v) is 5.67. The van der Waals surface area contributed by atoms with Crippen LogP contribution in [-0.2, 0) is 9.47 Å². The SMILES string of the molecule is CNC(CCC1CCCCO1)C1CCOC2(CCSC2)C1. The third-order valence-electron chi connectivity index (χ3n) is 5.61. The number of ether oxygens (including phenoxy) is 2. The van der Waals surface area contributed by atoms with E-state index in [1.54, 1.807) is 0 Å². The van der Waals surface area contributed by atoms with Crippen molar-refractivity contribution < 1.29 is 9.47 Å². The highest BCUT2D eigenvalue weighted by atomic mass is 32.2. The zero-order valence-electron chi connectivity index (χ0n) is 13.4. The molecule has 4 unspecified atom stereocenters. The maximum Gasteiger partial charge on any atom is 0.0783 e. The van der Waals surface area contributed by atoms with E-state index in [0.717, 1.165) is 19.1 Å².